The van der Waals surface area contributed by atoms with E-state index in [4.69, 9.17) is 5.10 Å². The van der Waals surface area contributed by atoms with Gasteiger partial charge in [-0.05, 0) is 71.6 Å². The minimum Gasteiger partial charge on any atom is -0.504 e. The van der Waals surface area contributed by atoms with E-state index in [2.05, 4.69) is 32.9 Å². The molecule has 0 saturated carbocycles. The molecular formula is C25H23FN2O2. The zero-order valence-corrected chi connectivity index (χ0v) is 17.1. The molecular weight excluding hydrogens is 379 g/mol. The zero-order valence-electron chi connectivity index (χ0n) is 17.1. The van der Waals surface area contributed by atoms with Crippen molar-refractivity contribution in [2.24, 2.45) is 0 Å². The average Bonchev–Trinajstić information content (AvgIpc) is 3.15. The molecule has 3 aromatic carbocycles. The summed E-state index contributed by atoms with van der Waals surface area (Å²) in [6.45, 7) is 6.48. The van der Waals surface area contributed by atoms with Crippen molar-refractivity contribution in [2.45, 2.75) is 26.2 Å². The molecule has 5 heteroatoms. The minimum absolute atomic E-state index is 0.0352. The van der Waals surface area contributed by atoms with Crippen molar-refractivity contribution in [1.29, 1.82) is 0 Å². The summed E-state index contributed by atoms with van der Waals surface area (Å²) in [7, 11) is 0. The molecule has 0 aliphatic rings. The number of aromatic hydroxyl groups is 2. The number of aromatic nitrogens is 2. The number of hydrogen-bond donors (Lipinski definition) is 2. The molecule has 152 valence electrons. The van der Waals surface area contributed by atoms with Gasteiger partial charge < -0.3 is 10.2 Å². The van der Waals surface area contributed by atoms with Gasteiger partial charge in [0.05, 0.1) is 17.1 Å². The predicted octanol–water partition coefficient (Wildman–Crippen LogP) is 6.05. The lowest BCUT2D eigenvalue weighted by atomic mass is 9.87. The van der Waals surface area contributed by atoms with Crippen LogP contribution in [0.4, 0.5) is 4.39 Å². The SMILES string of the molecule is CC(C)(C)c1ccc(-n2nc(-c3ccc(F)cc3)cc2-c2ccc(O)c(O)c2)cc1. The Balaban J connectivity index is 1.87. The van der Waals surface area contributed by atoms with Crippen LogP contribution in [0.2, 0.25) is 0 Å². The maximum absolute atomic E-state index is 13.4. The third-order valence-electron chi connectivity index (χ3n) is 5.10. The first-order valence-corrected chi connectivity index (χ1v) is 9.72. The van der Waals surface area contributed by atoms with E-state index >= 15 is 0 Å². The minimum atomic E-state index is -0.306. The maximum Gasteiger partial charge on any atom is 0.158 e. The molecule has 0 aliphatic carbocycles. The quantitative estimate of drug-likeness (QED) is 0.410. The van der Waals surface area contributed by atoms with E-state index in [1.165, 1.54) is 29.8 Å². The molecule has 0 amide bonds. The molecule has 4 nitrogen and oxygen atoms in total. The van der Waals surface area contributed by atoms with Gasteiger partial charge in [0.25, 0.3) is 0 Å². The second kappa shape index (κ2) is 7.34. The van der Waals surface area contributed by atoms with Gasteiger partial charge in [-0.1, -0.05) is 32.9 Å². The summed E-state index contributed by atoms with van der Waals surface area (Å²) in [5, 5.41) is 24.4. The van der Waals surface area contributed by atoms with Crippen LogP contribution in [0.25, 0.3) is 28.2 Å². The number of benzene rings is 3. The van der Waals surface area contributed by atoms with E-state index in [-0.39, 0.29) is 22.7 Å². The summed E-state index contributed by atoms with van der Waals surface area (Å²) in [4.78, 5) is 0. The van der Waals surface area contributed by atoms with E-state index in [0.717, 1.165) is 16.9 Å². The van der Waals surface area contributed by atoms with E-state index in [9.17, 15) is 14.6 Å². The number of phenolic OH excluding ortho intramolecular Hbond substituents is 2. The molecule has 0 fully saturated rings. The van der Waals surface area contributed by atoms with E-state index in [1.54, 1.807) is 22.9 Å². The van der Waals surface area contributed by atoms with Crippen molar-refractivity contribution in [2.75, 3.05) is 0 Å². The number of halogens is 1. The fourth-order valence-electron chi connectivity index (χ4n) is 3.33. The van der Waals surface area contributed by atoms with Crippen LogP contribution in [0.15, 0.2) is 72.8 Å². The number of rotatable bonds is 3. The molecule has 0 aliphatic heterocycles. The highest BCUT2D eigenvalue weighted by Crippen LogP contribution is 2.34. The van der Waals surface area contributed by atoms with Crippen LogP contribution >= 0.6 is 0 Å². The van der Waals surface area contributed by atoms with Gasteiger partial charge in [-0.2, -0.15) is 5.10 Å². The maximum atomic E-state index is 13.4. The first-order chi connectivity index (χ1) is 14.2. The monoisotopic (exact) mass is 402 g/mol. The molecule has 0 atom stereocenters. The van der Waals surface area contributed by atoms with Crippen LogP contribution in [0.3, 0.4) is 0 Å². The first kappa shape index (κ1) is 19.7. The molecule has 2 N–H and O–H groups in total. The summed E-state index contributed by atoms with van der Waals surface area (Å²) < 4.78 is 15.1. The largest absolute Gasteiger partial charge is 0.504 e. The van der Waals surface area contributed by atoms with Gasteiger partial charge in [0.15, 0.2) is 11.5 Å². The zero-order chi connectivity index (χ0) is 21.5. The van der Waals surface area contributed by atoms with Gasteiger partial charge in [0, 0.05) is 11.1 Å². The molecule has 30 heavy (non-hydrogen) atoms. The third-order valence-corrected chi connectivity index (χ3v) is 5.10. The van der Waals surface area contributed by atoms with Crippen molar-refractivity contribution < 1.29 is 14.6 Å². The molecule has 0 spiro atoms. The van der Waals surface area contributed by atoms with E-state index in [1.807, 2.05) is 18.2 Å². The molecule has 0 unspecified atom stereocenters. The van der Waals surface area contributed by atoms with E-state index < -0.39 is 0 Å². The molecule has 1 aromatic heterocycles. The van der Waals surface area contributed by atoms with Gasteiger partial charge in [-0.15, -0.1) is 0 Å². The van der Waals surface area contributed by atoms with Crippen LogP contribution in [-0.2, 0) is 5.41 Å². The highest BCUT2D eigenvalue weighted by molar-refractivity contribution is 5.72. The Hall–Kier alpha value is -3.60. The second-order valence-corrected chi connectivity index (χ2v) is 8.33. The smallest absolute Gasteiger partial charge is 0.158 e. The van der Waals surface area contributed by atoms with Gasteiger partial charge in [0.2, 0.25) is 0 Å². The summed E-state index contributed by atoms with van der Waals surface area (Å²) in [6.07, 6.45) is 0. The molecule has 4 rings (SSSR count). The fourth-order valence-corrected chi connectivity index (χ4v) is 3.33. The van der Waals surface area contributed by atoms with Crippen LogP contribution in [-0.4, -0.2) is 20.0 Å². The van der Waals surface area contributed by atoms with Crippen molar-refractivity contribution in [3.05, 3.63) is 84.2 Å². The number of hydrogen-bond acceptors (Lipinski definition) is 3. The highest BCUT2D eigenvalue weighted by atomic mass is 19.1. The Bertz CT molecular complexity index is 1190. The lowest BCUT2D eigenvalue weighted by Crippen LogP contribution is -2.11. The normalized spacial score (nSPS) is 11.6. The van der Waals surface area contributed by atoms with Crippen LogP contribution < -0.4 is 0 Å². The third kappa shape index (κ3) is 3.79. The summed E-state index contributed by atoms with van der Waals surface area (Å²) >= 11 is 0. The summed E-state index contributed by atoms with van der Waals surface area (Å²) in [6, 6.07) is 20.9. The van der Waals surface area contributed by atoms with Gasteiger partial charge in [-0.25, -0.2) is 9.07 Å². The Morgan fingerprint density at radius 3 is 2.00 bits per heavy atom. The average molecular weight is 402 g/mol. The van der Waals surface area contributed by atoms with Crippen LogP contribution in [0.1, 0.15) is 26.3 Å². The van der Waals surface area contributed by atoms with Crippen molar-refractivity contribution in [3.8, 4) is 39.7 Å². The van der Waals surface area contributed by atoms with Crippen LogP contribution in [0.5, 0.6) is 11.5 Å². The van der Waals surface area contributed by atoms with Crippen molar-refractivity contribution in [3.63, 3.8) is 0 Å². The molecule has 4 aromatic rings. The summed E-state index contributed by atoms with van der Waals surface area (Å²) in [5.74, 6) is -0.690. The predicted molar refractivity (Wildman–Crippen MR) is 116 cm³/mol. The van der Waals surface area contributed by atoms with Crippen LogP contribution in [0, 0.1) is 5.82 Å². The lowest BCUT2D eigenvalue weighted by Gasteiger charge is -2.19. The second-order valence-electron chi connectivity index (χ2n) is 8.33. The lowest BCUT2D eigenvalue weighted by molar-refractivity contribution is 0.404. The Morgan fingerprint density at radius 2 is 1.40 bits per heavy atom. The Morgan fingerprint density at radius 1 is 0.767 bits per heavy atom. The van der Waals surface area contributed by atoms with Gasteiger partial charge >= 0.3 is 0 Å². The molecule has 0 radical (unpaired) electrons. The van der Waals surface area contributed by atoms with Crippen molar-refractivity contribution >= 4 is 0 Å². The van der Waals surface area contributed by atoms with Gasteiger partial charge in [0.1, 0.15) is 5.82 Å². The topological polar surface area (TPSA) is 58.3 Å². The Kier molecular flexibility index (Phi) is 4.82. The number of phenols is 2. The fraction of sp³-hybridized carbons (Fsp3) is 0.160. The Labute approximate surface area is 174 Å². The molecule has 1 heterocycles. The molecule has 0 saturated heterocycles. The standard InChI is InChI=1S/C25H23FN2O2/c1-25(2,3)18-7-11-20(12-8-18)28-22(17-6-13-23(29)24(30)14-17)15-21(27-28)16-4-9-19(26)10-5-16/h4-15,29-30H,1-3H3. The number of nitrogens with zero attached hydrogens (tertiary/aromatic N) is 2. The summed E-state index contributed by atoms with van der Waals surface area (Å²) in [5.41, 5.74) is 5.01. The van der Waals surface area contributed by atoms with Crippen molar-refractivity contribution in [1.82, 2.24) is 9.78 Å². The van der Waals surface area contributed by atoms with Gasteiger partial charge in [-0.3, -0.25) is 0 Å². The molecule has 0 bridgehead atoms. The first-order valence-electron chi connectivity index (χ1n) is 9.72. The highest BCUT2D eigenvalue weighted by Gasteiger charge is 2.17. The van der Waals surface area contributed by atoms with E-state index in [0.29, 0.717) is 11.3 Å².